The Morgan fingerprint density at radius 3 is 2.18 bits per heavy atom. The van der Waals surface area contributed by atoms with E-state index in [0.717, 1.165) is 0 Å². The molecular weight excluding hydrogens is 382 g/mol. The molecule has 0 atom stereocenters. The molecule has 0 aliphatic heterocycles. The first-order valence-corrected chi connectivity index (χ1v) is 10.9. The van der Waals surface area contributed by atoms with E-state index >= 15 is 0 Å². The summed E-state index contributed by atoms with van der Waals surface area (Å²) in [6.45, 7) is 4.99. The van der Waals surface area contributed by atoms with E-state index in [2.05, 4.69) is 0 Å². The summed E-state index contributed by atoms with van der Waals surface area (Å²) in [4.78, 5) is 23.6. The number of hydrogen-bond acceptors (Lipinski definition) is 5. The summed E-state index contributed by atoms with van der Waals surface area (Å²) in [5, 5.41) is 9.14. The second kappa shape index (κ2) is 9.05. The number of sulfonamides is 1. The van der Waals surface area contributed by atoms with Crippen LogP contribution in [0.15, 0.2) is 35.2 Å². The van der Waals surface area contributed by atoms with Crippen molar-refractivity contribution in [2.75, 3.05) is 13.1 Å². The summed E-state index contributed by atoms with van der Waals surface area (Å²) in [6.07, 6.45) is 2.27. The Labute approximate surface area is 166 Å². The van der Waals surface area contributed by atoms with Crippen molar-refractivity contribution in [3.63, 3.8) is 0 Å². The molecule has 1 aromatic rings. The Morgan fingerprint density at radius 1 is 1.11 bits per heavy atom. The van der Waals surface area contributed by atoms with Gasteiger partial charge in [-0.25, -0.2) is 8.42 Å². The lowest BCUT2D eigenvalue weighted by atomic mass is 9.82. The number of esters is 1. The Balaban J connectivity index is 2.17. The molecule has 0 unspecified atom stereocenters. The molecule has 1 aliphatic carbocycles. The number of ether oxygens (including phenoxy) is 1. The third-order valence-corrected chi connectivity index (χ3v) is 6.59. The van der Waals surface area contributed by atoms with Gasteiger partial charge >= 0.3 is 11.9 Å². The van der Waals surface area contributed by atoms with Crippen molar-refractivity contribution in [2.45, 2.75) is 57.0 Å². The molecule has 1 N–H and O–H groups in total. The Hall–Kier alpha value is -1.93. The van der Waals surface area contributed by atoms with E-state index in [9.17, 15) is 18.0 Å². The molecule has 0 spiro atoms. The molecule has 28 heavy (non-hydrogen) atoms. The molecule has 8 heteroatoms. The SMILES string of the molecule is CC(C)(C)OC(=O)CN(C[C@H]1CC[C@H](C(=O)O)CC1)S(=O)(=O)c1ccccc1. The Kier molecular flexibility index (Phi) is 7.22. The number of hydrogen-bond donors (Lipinski definition) is 1. The van der Waals surface area contributed by atoms with E-state index in [0.29, 0.717) is 25.7 Å². The van der Waals surface area contributed by atoms with Crippen molar-refractivity contribution < 1.29 is 27.9 Å². The van der Waals surface area contributed by atoms with Crippen LogP contribution in [0.3, 0.4) is 0 Å². The zero-order valence-electron chi connectivity index (χ0n) is 16.6. The maximum absolute atomic E-state index is 13.1. The molecule has 0 aromatic heterocycles. The molecule has 0 radical (unpaired) electrons. The standard InChI is InChI=1S/C20H29NO6S/c1-20(2,3)27-18(22)14-21(28(25,26)17-7-5-4-6-8-17)13-15-9-11-16(12-10-15)19(23)24/h4-8,15-16H,9-14H2,1-3H3,(H,23,24)/t15-,16-. The second-order valence-corrected chi connectivity index (χ2v) is 10.2. The van der Waals surface area contributed by atoms with Gasteiger partial charge in [-0.1, -0.05) is 18.2 Å². The normalized spacial score (nSPS) is 20.7. The lowest BCUT2D eigenvalue weighted by molar-refractivity contribution is -0.155. The van der Waals surface area contributed by atoms with Gasteiger partial charge in [0, 0.05) is 6.54 Å². The summed E-state index contributed by atoms with van der Waals surface area (Å²) in [7, 11) is -3.86. The maximum atomic E-state index is 13.1. The molecule has 0 saturated heterocycles. The van der Waals surface area contributed by atoms with E-state index < -0.39 is 27.6 Å². The van der Waals surface area contributed by atoms with Crippen LogP contribution in [-0.4, -0.2) is 48.5 Å². The molecular formula is C20H29NO6S. The van der Waals surface area contributed by atoms with Gasteiger partial charge in [0.15, 0.2) is 0 Å². The number of aliphatic carboxylic acids is 1. The Bertz CT molecular complexity index is 777. The van der Waals surface area contributed by atoms with Crippen LogP contribution >= 0.6 is 0 Å². The molecule has 156 valence electrons. The van der Waals surface area contributed by atoms with Crippen molar-refractivity contribution >= 4 is 22.0 Å². The summed E-state index contributed by atoms with van der Waals surface area (Å²) < 4.78 is 32.7. The topological polar surface area (TPSA) is 101 Å². The van der Waals surface area contributed by atoms with Crippen molar-refractivity contribution in [2.24, 2.45) is 11.8 Å². The highest BCUT2D eigenvalue weighted by Crippen LogP contribution is 2.31. The van der Waals surface area contributed by atoms with Crippen molar-refractivity contribution in [1.29, 1.82) is 0 Å². The van der Waals surface area contributed by atoms with Gasteiger partial charge in [0.05, 0.1) is 10.8 Å². The van der Waals surface area contributed by atoms with Crippen LogP contribution in [0.4, 0.5) is 0 Å². The van der Waals surface area contributed by atoms with E-state index in [1.54, 1.807) is 39.0 Å². The average Bonchev–Trinajstić information content (AvgIpc) is 2.60. The second-order valence-electron chi connectivity index (χ2n) is 8.25. The highest BCUT2D eigenvalue weighted by Gasteiger charge is 2.33. The van der Waals surface area contributed by atoms with Gasteiger partial charge in [0.2, 0.25) is 10.0 Å². The first-order chi connectivity index (χ1) is 13.0. The van der Waals surface area contributed by atoms with Crippen LogP contribution in [0.5, 0.6) is 0 Å². The van der Waals surface area contributed by atoms with Gasteiger partial charge < -0.3 is 9.84 Å². The number of carboxylic acid groups (broad SMARTS) is 1. The van der Waals surface area contributed by atoms with Gasteiger partial charge in [-0.2, -0.15) is 4.31 Å². The van der Waals surface area contributed by atoms with Gasteiger partial charge in [-0.05, 0) is 64.5 Å². The number of benzene rings is 1. The summed E-state index contributed by atoms with van der Waals surface area (Å²) in [6, 6.07) is 8.00. The van der Waals surface area contributed by atoms with Crippen LogP contribution < -0.4 is 0 Å². The van der Waals surface area contributed by atoms with E-state index in [4.69, 9.17) is 9.84 Å². The number of carbonyl (C=O) groups excluding carboxylic acids is 1. The zero-order valence-corrected chi connectivity index (χ0v) is 17.4. The third-order valence-electron chi connectivity index (χ3n) is 4.76. The molecule has 1 fully saturated rings. The molecule has 1 aliphatic rings. The first kappa shape index (κ1) is 22.4. The van der Waals surface area contributed by atoms with Gasteiger partial charge in [0.1, 0.15) is 12.1 Å². The number of nitrogens with zero attached hydrogens (tertiary/aromatic N) is 1. The van der Waals surface area contributed by atoms with E-state index in [1.807, 2.05) is 0 Å². The Morgan fingerprint density at radius 2 is 1.68 bits per heavy atom. The van der Waals surface area contributed by atoms with Crippen molar-refractivity contribution in [1.82, 2.24) is 4.31 Å². The lowest BCUT2D eigenvalue weighted by Gasteiger charge is -2.31. The smallest absolute Gasteiger partial charge is 0.321 e. The molecule has 1 aromatic carbocycles. The monoisotopic (exact) mass is 411 g/mol. The van der Waals surface area contributed by atoms with Gasteiger partial charge in [-0.3, -0.25) is 9.59 Å². The van der Waals surface area contributed by atoms with Gasteiger partial charge in [-0.15, -0.1) is 0 Å². The highest BCUT2D eigenvalue weighted by molar-refractivity contribution is 7.89. The predicted molar refractivity (Wildman–Crippen MR) is 104 cm³/mol. The molecule has 0 heterocycles. The minimum Gasteiger partial charge on any atom is -0.481 e. The van der Waals surface area contributed by atoms with Crippen molar-refractivity contribution in [3.8, 4) is 0 Å². The third kappa shape index (κ3) is 6.31. The quantitative estimate of drug-likeness (QED) is 0.693. The van der Waals surface area contributed by atoms with Crippen LogP contribution in [0, 0.1) is 11.8 Å². The fourth-order valence-electron chi connectivity index (χ4n) is 3.39. The summed E-state index contributed by atoms with van der Waals surface area (Å²) in [5.74, 6) is -1.77. The summed E-state index contributed by atoms with van der Waals surface area (Å²) in [5.41, 5.74) is -0.710. The number of rotatable bonds is 7. The number of carbonyl (C=O) groups is 2. The van der Waals surface area contributed by atoms with Crippen molar-refractivity contribution in [3.05, 3.63) is 30.3 Å². The van der Waals surface area contributed by atoms with Crippen LogP contribution in [0.1, 0.15) is 46.5 Å². The average molecular weight is 412 g/mol. The van der Waals surface area contributed by atoms with E-state index in [1.165, 1.54) is 16.4 Å². The summed E-state index contributed by atoms with van der Waals surface area (Å²) >= 11 is 0. The predicted octanol–water partition coefficient (Wildman–Crippen LogP) is 2.91. The van der Waals surface area contributed by atoms with Crippen LogP contribution in [0.2, 0.25) is 0 Å². The van der Waals surface area contributed by atoms with Gasteiger partial charge in [0.25, 0.3) is 0 Å². The molecule has 0 bridgehead atoms. The molecule has 1 saturated carbocycles. The fourth-order valence-corrected chi connectivity index (χ4v) is 4.87. The van der Waals surface area contributed by atoms with Crippen LogP contribution in [0.25, 0.3) is 0 Å². The zero-order chi connectivity index (χ0) is 20.9. The largest absolute Gasteiger partial charge is 0.481 e. The highest BCUT2D eigenvalue weighted by atomic mass is 32.2. The van der Waals surface area contributed by atoms with E-state index in [-0.39, 0.29) is 29.8 Å². The molecule has 7 nitrogen and oxygen atoms in total. The lowest BCUT2D eigenvalue weighted by Crippen LogP contribution is -2.42. The van der Waals surface area contributed by atoms with Crippen LogP contribution in [-0.2, 0) is 24.3 Å². The fraction of sp³-hybridized carbons (Fsp3) is 0.600. The minimum absolute atomic E-state index is 0.0107. The first-order valence-electron chi connectivity index (χ1n) is 9.49. The number of carboxylic acids is 1. The minimum atomic E-state index is -3.86. The maximum Gasteiger partial charge on any atom is 0.321 e. The molecule has 0 amide bonds. The molecule has 2 rings (SSSR count).